The number of likely N-dealkylation sites (tertiary alicyclic amines) is 1. The smallest absolute Gasteiger partial charge is 0.358 e. The molecule has 1 saturated heterocycles. The van der Waals surface area contributed by atoms with Crippen LogP contribution in [0.25, 0.3) is 0 Å². The third-order valence-electron chi connectivity index (χ3n) is 2.80. The molecular weight excluding hydrogens is 212 g/mol. The number of aromatic nitrogens is 1. The highest BCUT2D eigenvalue weighted by molar-refractivity contribution is 5.86. The molecule has 86 valence electrons. The summed E-state index contributed by atoms with van der Waals surface area (Å²) >= 11 is 0. The Morgan fingerprint density at radius 3 is 2.94 bits per heavy atom. The lowest BCUT2D eigenvalue weighted by Crippen LogP contribution is -2.25. The van der Waals surface area contributed by atoms with E-state index in [2.05, 4.69) is 4.98 Å². The predicted octanol–water partition coefficient (Wildman–Crippen LogP) is 0.709. The Balaban J connectivity index is 2.17. The molecule has 0 spiro atoms. The second-order valence-corrected chi connectivity index (χ2v) is 3.82. The van der Waals surface area contributed by atoms with Crippen LogP contribution in [-0.2, 0) is 4.79 Å². The number of amides is 1. The summed E-state index contributed by atoms with van der Waals surface area (Å²) in [4.78, 5) is 27.3. The van der Waals surface area contributed by atoms with Gasteiger partial charge in [0.15, 0.2) is 12.1 Å². The van der Waals surface area contributed by atoms with Crippen LogP contribution < -0.4 is 0 Å². The standard InChI is InChI=1S/C10H12N2O4/c1-6(13)12-3-2-7(4-12)9-8(10(14)15)11-5-16-9/h5,7H,2-4H2,1H3,(H,14,15). The van der Waals surface area contributed by atoms with E-state index in [4.69, 9.17) is 9.52 Å². The van der Waals surface area contributed by atoms with Gasteiger partial charge in [-0.3, -0.25) is 4.79 Å². The Labute approximate surface area is 91.9 Å². The predicted molar refractivity (Wildman–Crippen MR) is 53.1 cm³/mol. The van der Waals surface area contributed by atoms with E-state index < -0.39 is 5.97 Å². The molecule has 1 aromatic heterocycles. The minimum atomic E-state index is -1.09. The number of carboxylic acid groups (broad SMARTS) is 1. The molecule has 1 unspecified atom stereocenters. The lowest BCUT2D eigenvalue weighted by Gasteiger charge is -2.12. The van der Waals surface area contributed by atoms with Crippen molar-refractivity contribution < 1.29 is 19.1 Å². The van der Waals surface area contributed by atoms with Gasteiger partial charge in [0.2, 0.25) is 5.91 Å². The van der Waals surface area contributed by atoms with Gasteiger partial charge in [-0.15, -0.1) is 0 Å². The molecule has 6 heteroatoms. The van der Waals surface area contributed by atoms with Crippen LogP contribution in [0.3, 0.4) is 0 Å². The Morgan fingerprint density at radius 1 is 1.62 bits per heavy atom. The molecule has 1 aromatic rings. The average molecular weight is 224 g/mol. The lowest BCUT2D eigenvalue weighted by molar-refractivity contribution is -0.127. The highest BCUT2D eigenvalue weighted by atomic mass is 16.4. The molecule has 16 heavy (non-hydrogen) atoms. The largest absolute Gasteiger partial charge is 0.476 e. The average Bonchev–Trinajstić information content (AvgIpc) is 2.86. The van der Waals surface area contributed by atoms with Crippen LogP contribution in [0.2, 0.25) is 0 Å². The van der Waals surface area contributed by atoms with E-state index in [1.807, 2.05) is 0 Å². The quantitative estimate of drug-likeness (QED) is 0.799. The summed E-state index contributed by atoms with van der Waals surface area (Å²) in [6.07, 6.45) is 1.85. The Hall–Kier alpha value is -1.85. The molecule has 1 N–H and O–H groups in total. The molecule has 6 nitrogen and oxygen atoms in total. The zero-order valence-electron chi connectivity index (χ0n) is 8.84. The monoisotopic (exact) mass is 224 g/mol. The highest BCUT2D eigenvalue weighted by Crippen LogP contribution is 2.29. The van der Waals surface area contributed by atoms with Crippen LogP contribution in [0.15, 0.2) is 10.8 Å². The summed E-state index contributed by atoms with van der Waals surface area (Å²) in [7, 11) is 0. The summed E-state index contributed by atoms with van der Waals surface area (Å²) in [5, 5.41) is 8.89. The number of hydrogen-bond acceptors (Lipinski definition) is 4. The zero-order valence-corrected chi connectivity index (χ0v) is 8.84. The molecule has 1 amide bonds. The fourth-order valence-corrected chi connectivity index (χ4v) is 1.97. The molecule has 2 rings (SSSR count). The van der Waals surface area contributed by atoms with Crippen molar-refractivity contribution in [3.05, 3.63) is 17.8 Å². The summed E-state index contributed by atoms with van der Waals surface area (Å²) in [6.45, 7) is 2.64. The first kappa shape index (κ1) is 10.7. The van der Waals surface area contributed by atoms with Crippen molar-refractivity contribution in [3.8, 4) is 0 Å². The number of rotatable bonds is 2. The Kier molecular flexibility index (Phi) is 2.64. The van der Waals surface area contributed by atoms with Crippen molar-refractivity contribution in [2.75, 3.05) is 13.1 Å². The molecule has 0 radical (unpaired) electrons. The van der Waals surface area contributed by atoms with Crippen LogP contribution in [0.4, 0.5) is 0 Å². The zero-order chi connectivity index (χ0) is 11.7. The molecule has 1 atom stereocenters. The van der Waals surface area contributed by atoms with E-state index in [1.165, 1.54) is 6.92 Å². The first-order chi connectivity index (χ1) is 7.59. The fourth-order valence-electron chi connectivity index (χ4n) is 1.97. The first-order valence-electron chi connectivity index (χ1n) is 5.01. The number of carbonyl (C=O) groups is 2. The van der Waals surface area contributed by atoms with Gasteiger partial charge >= 0.3 is 5.97 Å². The van der Waals surface area contributed by atoms with E-state index in [0.717, 1.165) is 12.8 Å². The van der Waals surface area contributed by atoms with Gasteiger partial charge < -0.3 is 14.4 Å². The second-order valence-electron chi connectivity index (χ2n) is 3.82. The SMILES string of the molecule is CC(=O)N1CCC(c2ocnc2C(=O)O)C1. The van der Waals surface area contributed by atoms with Crippen molar-refractivity contribution >= 4 is 11.9 Å². The van der Waals surface area contributed by atoms with Crippen molar-refractivity contribution in [3.63, 3.8) is 0 Å². The van der Waals surface area contributed by atoms with Gasteiger partial charge in [-0.1, -0.05) is 0 Å². The minimum Gasteiger partial charge on any atom is -0.476 e. The van der Waals surface area contributed by atoms with Gasteiger partial charge in [0.1, 0.15) is 5.76 Å². The molecule has 2 heterocycles. The van der Waals surface area contributed by atoms with Crippen molar-refractivity contribution in [2.45, 2.75) is 19.3 Å². The molecule has 0 aromatic carbocycles. The number of nitrogens with zero attached hydrogens (tertiary/aromatic N) is 2. The van der Waals surface area contributed by atoms with Crippen LogP contribution >= 0.6 is 0 Å². The van der Waals surface area contributed by atoms with Crippen LogP contribution in [0.1, 0.15) is 35.5 Å². The maximum Gasteiger partial charge on any atom is 0.358 e. The number of hydrogen-bond donors (Lipinski definition) is 1. The second kappa shape index (κ2) is 3.96. The van der Waals surface area contributed by atoms with Gasteiger partial charge in [-0.05, 0) is 6.42 Å². The van der Waals surface area contributed by atoms with E-state index in [-0.39, 0.29) is 17.5 Å². The molecule has 1 aliphatic heterocycles. The lowest BCUT2D eigenvalue weighted by atomic mass is 10.0. The molecular formula is C10H12N2O4. The van der Waals surface area contributed by atoms with Crippen molar-refractivity contribution in [1.29, 1.82) is 0 Å². The number of carboxylic acids is 1. The van der Waals surface area contributed by atoms with Crippen molar-refractivity contribution in [2.24, 2.45) is 0 Å². The third-order valence-corrected chi connectivity index (χ3v) is 2.80. The number of aromatic carboxylic acids is 1. The van der Waals surface area contributed by atoms with Crippen LogP contribution in [0, 0.1) is 0 Å². The van der Waals surface area contributed by atoms with Crippen LogP contribution in [-0.4, -0.2) is 40.0 Å². The minimum absolute atomic E-state index is 0.00103. The van der Waals surface area contributed by atoms with Gasteiger partial charge in [0.05, 0.1) is 0 Å². The van der Waals surface area contributed by atoms with E-state index >= 15 is 0 Å². The number of carbonyl (C=O) groups excluding carboxylic acids is 1. The topological polar surface area (TPSA) is 83.6 Å². The fraction of sp³-hybridized carbons (Fsp3) is 0.500. The van der Waals surface area contributed by atoms with Crippen molar-refractivity contribution in [1.82, 2.24) is 9.88 Å². The molecule has 0 aliphatic carbocycles. The Morgan fingerprint density at radius 2 is 2.38 bits per heavy atom. The van der Waals surface area contributed by atoms with Gasteiger partial charge in [0, 0.05) is 25.9 Å². The Bertz CT molecular complexity index is 426. The highest BCUT2D eigenvalue weighted by Gasteiger charge is 2.31. The normalized spacial score (nSPS) is 20.1. The molecule has 1 aliphatic rings. The van der Waals surface area contributed by atoms with E-state index in [1.54, 1.807) is 4.90 Å². The van der Waals surface area contributed by atoms with E-state index in [0.29, 0.717) is 18.8 Å². The van der Waals surface area contributed by atoms with Gasteiger partial charge in [0.25, 0.3) is 0 Å². The number of oxazole rings is 1. The maximum atomic E-state index is 11.1. The summed E-state index contributed by atoms with van der Waals surface area (Å²) in [5.74, 6) is -0.780. The first-order valence-corrected chi connectivity index (χ1v) is 5.01. The van der Waals surface area contributed by atoms with Crippen LogP contribution in [0.5, 0.6) is 0 Å². The summed E-state index contributed by atoms with van der Waals surface area (Å²) < 4.78 is 5.11. The molecule has 1 fully saturated rings. The van der Waals surface area contributed by atoms with Gasteiger partial charge in [-0.25, -0.2) is 9.78 Å². The van der Waals surface area contributed by atoms with Gasteiger partial charge in [-0.2, -0.15) is 0 Å². The molecule has 0 bridgehead atoms. The van der Waals surface area contributed by atoms with E-state index in [9.17, 15) is 9.59 Å². The summed E-state index contributed by atoms with van der Waals surface area (Å²) in [5.41, 5.74) is -0.0459. The third kappa shape index (κ3) is 1.78. The maximum absolute atomic E-state index is 11.1. The molecule has 0 saturated carbocycles. The summed E-state index contributed by atoms with van der Waals surface area (Å²) in [6, 6.07) is 0.